The van der Waals surface area contributed by atoms with Gasteiger partial charge in [-0.1, -0.05) is 25.4 Å². The predicted octanol–water partition coefficient (Wildman–Crippen LogP) is 5.97. The van der Waals surface area contributed by atoms with Crippen molar-refractivity contribution in [1.82, 2.24) is 10.3 Å². The highest BCUT2D eigenvalue weighted by Crippen LogP contribution is 2.42. The maximum atomic E-state index is 13.7. The van der Waals surface area contributed by atoms with Crippen LogP contribution in [0.5, 0.6) is 0 Å². The van der Waals surface area contributed by atoms with Gasteiger partial charge in [-0.15, -0.1) is 0 Å². The van der Waals surface area contributed by atoms with Gasteiger partial charge in [-0.05, 0) is 80.9 Å². The van der Waals surface area contributed by atoms with Crippen molar-refractivity contribution in [3.63, 3.8) is 0 Å². The summed E-state index contributed by atoms with van der Waals surface area (Å²) in [4.78, 5) is 15.1. The van der Waals surface area contributed by atoms with Crippen molar-refractivity contribution in [2.45, 2.75) is 45.4 Å². The molecule has 2 fully saturated rings. The minimum Gasteiger partial charge on any atom is -0.381 e. The number of rotatable bonds is 6. The summed E-state index contributed by atoms with van der Waals surface area (Å²) in [6, 6.07) is 6.09. The van der Waals surface area contributed by atoms with E-state index in [1.54, 1.807) is 0 Å². The van der Waals surface area contributed by atoms with Crippen LogP contribution in [-0.4, -0.2) is 38.1 Å². The number of carbonyl (C=O) groups is 1. The van der Waals surface area contributed by atoms with E-state index < -0.39 is 5.82 Å². The van der Waals surface area contributed by atoms with Gasteiger partial charge < -0.3 is 15.4 Å². The molecule has 1 aliphatic carbocycles. The van der Waals surface area contributed by atoms with Gasteiger partial charge in [-0.25, -0.2) is 9.37 Å². The first-order chi connectivity index (χ1) is 15.1. The number of benzene rings is 1. The molecule has 1 aliphatic heterocycles. The Hall–Kier alpha value is -2.02. The summed E-state index contributed by atoms with van der Waals surface area (Å²) in [6.45, 7) is 7.09. The molecule has 1 saturated heterocycles. The minimum atomic E-state index is -0.399. The van der Waals surface area contributed by atoms with E-state index in [1.807, 2.05) is 27.0 Å². The van der Waals surface area contributed by atoms with E-state index in [0.717, 1.165) is 50.4 Å². The lowest BCUT2D eigenvalue weighted by molar-refractivity contribution is 0.0669. The van der Waals surface area contributed by atoms with Crippen molar-refractivity contribution >= 4 is 29.4 Å². The number of hydrogen-bond acceptors (Lipinski definition) is 5. The molecular formula is C24H33ClFN3O2. The molecular weight excluding hydrogens is 417 g/mol. The van der Waals surface area contributed by atoms with Gasteiger partial charge in [-0.2, -0.15) is 0 Å². The Balaban J connectivity index is 0.000000261. The van der Waals surface area contributed by atoms with Crippen molar-refractivity contribution in [2.24, 2.45) is 5.92 Å². The molecule has 2 aliphatic rings. The highest BCUT2D eigenvalue weighted by Gasteiger charge is 2.26. The van der Waals surface area contributed by atoms with Crippen molar-refractivity contribution < 1.29 is 13.9 Å². The quantitative estimate of drug-likeness (QED) is 0.532. The lowest BCUT2D eigenvalue weighted by Gasteiger charge is -2.21. The Morgan fingerprint density at radius 2 is 1.90 bits per heavy atom. The van der Waals surface area contributed by atoms with Crippen molar-refractivity contribution in [1.29, 1.82) is 0 Å². The fraction of sp³-hybridized carbons (Fsp3) is 0.500. The molecule has 2 N–H and O–H groups in total. The molecule has 1 aromatic heterocycles. The first-order valence-electron chi connectivity index (χ1n) is 11.0. The fourth-order valence-electron chi connectivity index (χ4n) is 3.37. The number of hydrogen-bond donors (Lipinski definition) is 2. The molecule has 2 heterocycles. The third kappa shape index (κ3) is 8.20. The summed E-state index contributed by atoms with van der Waals surface area (Å²) < 4.78 is 18.9. The molecule has 1 saturated carbocycles. The summed E-state index contributed by atoms with van der Waals surface area (Å²) in [5.41, 5.74) is 1.84. The number of aromatic nitrogens is 1. The van der Waals surface area contributed by atoms with Gasteiger partial charge in [0.2, 0.25) is 0 Å². The van der Waals surface area contributed by atoms with E-state index in [2.05, 4.69) is 15.6 Å². The van der Waals surface area contributed by atoms with Crippen LogP contribution in [0.15, 0.2) is 30.5 Å². The van der Waals surface area contributed by atoms with E-state index in [0.29, 0.717) is 22.3 Å². The van der Waals surface area contributed by atoms with Crippen LogP contribution in [0.1, 0.15) is 61.4 Å². The molecule has 0 radical (unpaired) electrons. The first-order valence-corrected chi connectivity index (χ1v) is 11.4. The number of halogens is 2. The third-order valence-corrected chi connectivity index (χ3v) is 5.37. The smallest absolute Gasteiger partial charge is 0.151 e. The van der Waals surface area contributed by atoms with Crippen molar-refractivity contribution in [3.8, 4) is 0 Å². The van der Waals surface area contributed by atoms with Gasteiger partial charge in [0, 0.05) is 30.0 Å². The second-order valence-corrected chi connectivity index (χ2v) is 7.89. The van der Waals surface area contributed by atoms with Crippen molar-refractivity contribution in [3.05, 3.63) is 52.4 Å². The lowest BCUT2D eigenvalue weighted by atomic mass is 10.0. The van der Waals surface area contributed by atoms with Crippen LogP contribution in [0, 0.1) is 11.7 Å². The van der Waals surface area contributed by atoms with Crippen molar-refractivity contribution in [2.75, 3.05) is 32.1 Å². The number of pyridine rings is 1. The summed E-state index contributed by atoms with van der Waals surface area (Å²) in [5.74, 6) is 1.40. The monoisotopic (exact) mass is 449 g/mol. The standard InChI is InChI=1S/C15H12ClFN2O.C7H15NO.C2H6/c16-11-3-4-13(17)14(5-11)19-15-6-12(9-1-2-9)10(8-20)7-18-15;1-8-6-7-2-4-9-5-3-7;1-2/h3-9H,1-2H2,(H,18,19);7-8H,2-6H2,1H3;1-2H3. The second-order valence-electron chi connectivity index (χ2n) is 7.45. The topological polar surface area (TPSA) is 63.2 Å². The number of anilines is 2. The van der Waals surface area contributed by atoms with Crippen LogP contribution >= 0.6 is 11.6 Å². The maximum absolute atomic E-state index is 13.7. The molecule has 5 nitrogen and oxygen atoms in total. The van der Waals surface area contributed by atoms with Gasteiger partial charge in [0.05, 0.1) is 5.69 Å². The molecule has 0 atom stereocenters. The van der Waals surface area contributed by atoms with Crippen LogP contribution in [0.4, 0.5) is 15.9 Å². The van der Waals surface area contributed by atoms with E-state index in [-0.39, 0.29) is 5.69 Å². The summed E-state index contributed by atoms with van der Waals surface area (Å²) in [5, 5.41) is 6.53. The van der Waals surface area contributed by atoms with Crippen LogP contribution in [0.25, 0.3) is 0 Å². The summed E-state index contributed by atoms with van der Waals surface area (Å²) >= 11 is 5.85. The third-order valence-electron chi connectivity index (χ3n) is 5.14. The van der Waals surface area contributed by atoms with Gasteiger partial charge in [0.15, 0.2) is 6.29 Å². The first kappa shape index (κ1) is 25.2. The van der Waals surface area contributed by atoms with Crippen LogP contribution < -0.4 is 10.6 Å². The van der Waals surface area contributed by atoms with E-state index in [9.17, 15) is 9.18 Å². The Kier molecular flexibility index (Phi) is 10.9. The number of aldehydes is 1. The molecule has 170 valence electrons. The lowest BCUT2D eigenvalue weighted by Crippen LogP contribution is -2.25. The molecule has 1 aromatic carbocycles. The zero-order valence-corrected chi connectivity index (χ0v) is 19.3. The zero-order valence-electron chi connectivity index (χ0n) is 18.6. The Morgan fingerprint density at radius 1 is 1.19 bits per heavy atom. The number of ether oxygens (including phenoxy) is 1. The van der Waals surface area contributed by atoms with Gasteiger partial charge in [0.25, 0.3) is 0 Å². The average molecular weight is 450 g/mol. The van der Waals surface area contributed by atoms with Crippen LogP contribution in [-0.2, 0) is 4.74 Å². The predicted molar refractivity (Wildman–Crippen MR) is 125 cm³/mol. The molecule has 0 unspecified atom stereocenters. The number of carbonyl (C=O) groups excluding carboxylic acids is 1. The molecule has 0 bridgehead atoms. The maximum Gasteiger partial charge on any atom is 0.151 e. The molecule has 7 heteroatoms. The van der Waals surface area contributed by atoms with Crippen LogP contribution in [0.2, 0.25) is 5.02 Å². The van der Waals surface area contributed by atoms with Gasteiger partial charge >= 0.3 is 0 Å². The summed E-state index contributed by atoms with van der Waals surface area (Å²) in [7, 11) is 2.01. The second kappa shape index (κ2) is 13.4. The minimum absolute atomic E-state index is 0.269. The Morgan fingerprint density at radius 3 is 2.52 bits per heavy atom. The Bertz CT molecular complexity index is 822. The highest BCUT2D eigenvalue weighted by atomic mass is 35.5. The number of nitrogens with one attached hydrogen (secondary N) is 2. The zero-order chi connectivity index (χ0) is 22.6. The molecule has 0 amide bonds. The molecule has 0 spiro atoms. The Labute approximate surface area is 189 Å². The molecule has 4 rings (SSSR count). The fourth-order valence-corrected chi connectivity index (χ4v) is 3.54. The van der Waals surface area contributed by atoms with E-state index in [4.69, 9.17) is 16.3 Å². The highest BCUT2D eigenvalue weighted by molar-refractivity contribution is 6.30. The number of nitrogens with zero attached hydrogens (tertiary/aromatic N) is 1. The van der Waals surface area contributed by atoms with E-state index in [1.165, 1.54) is 37.2 Å². The van der Waals surface area contributed by atoms with Crippen LogP contribution in [0.3, 0.4) is 0 Å². The molecule has 2 aromatic rings. The van der Waals surface area contributed by atoms with Gasteiger partial charge in [-0.3, -0.25) is 4.79 Å². The summed E-state index contributed by atoms with van der Waals surface area (Å²) in [6.07, 6.45) is 6.96. The largest absolute Gasteiger partial charge is 0.381 e. The SMILES string of the molecule is CC.CNCC1CCOCC1.O=Cc1cnc(Nc2cc(Cl)ccc2F)cc1C1CC1. The normalized spacial score (nSPS) is 15.8. The van der Waals surface area contributed by atoms with Gasteiger partial charge in [0.1, 0.15) is 11.6 Å². The average Bonchev–Trinajstić information content (AvgIpc) is 3.64. The van der Waals surface area contributed by atoms with E-state index >= 15 is 0 Å². The molecule has 31 heavy (non-hydrogen) atoms.